The predicted molar refractivity (Wildman–Crippen MR) is 120 cm³/mol. The van der Waals surface area contributed by atoms with Crippen LogP contribution in [0.5, 0.6) is 5.75 Å². The van der Waals surface area contributed by atoms with E-state index in [2.05, 4.69) is 4.98 Å². The minimum absolute atomic E-state index is 0.135. The highest BCUT2D eigenvalue weighted by molar-refractivity contribution is 6.17. The number of halogens is 1. The fourth-order valence-corrected chi connectivity index (χ4v) is 3.89. The first-order valence-corrected chi connectivity index (χ1v) is 10.1. The number of amides is 2. The molecule has 0 bridgehead atoms. The van der Waals surface area contributed by atoms with Crippen LogP contribution in [0.15, 0.2) is 48.5 Å². The maximum Gasteiger partial charge on any atom is 0.253 e. The van der Waals surface area contributed by atoms with Crippen LogP contribution in [0.4, 0.5) is 4.39 Å². The number of aliphatic hydroxyl groups is 1. The minimum Gasteiger partial charge on any atom is -0.505 e. The van der Waals surface area contributed by atoms with Crippen molar-refractivity contribution in [1.29, 1.82) is 0 Å². The summed E-state index contributed by atoms with van der Waals surface area (Å²) in [6, 6.07) is 12.5. The van der Waals surface area contributed by atoms with Gasteiger partial charge in [-0.3, -0.25) is 9.59 Å². The van der Waals surface area contributed by atoms with Crippen LogP contribution in [-0.2, 0) is 0 Å². The van der Waals surface area contributed by atoms with E-state index in [0.717, 1.165) is 0 Å². The highest BCUT2D eigenvalue weighted by Crippen LogP contribution is 2.34. The molecule has 0 radical (unpaired) electrons. The average Bonchev–Trinajstić information content (AvgIpc) is 3.15. The molecule has 4 rings (SSSR count). The lowest BCUT2D eigenvalue weighted by molar-refractivity contribution is 0.0732. The van der Waals surface area contributed by atoms with E-state index < -0.39 is 17.5 Å². The number of aromatic hydroxyl groups is 1. The van der Waals surface area contributed by atoms with Gasteiger partial charge < -0.3 is 25.8 Å². The molecule has 8 heteroatoms. The van der Waals surface area contributed by atoms with Gasteiger partial charge in [0.1, 0.15) is 0 Å². The first-order valence-electron chi connectivity index (χ1n) is 10.1. The number of phenolic OH excluding ortho intramolecular Hbond substituents is 1. The van der Waals surface area contributed by atoms with Crippen LogP contribution in [-0.4, -0.2) is 51.6 Å². The number of nitrogens with zero attached hydrogens (tertiary/aromatic N) is 1. The molecule has 0 aliphatic heterocycles. The van der Waals surface area contributed by atoms with Gasteiger partial charge in [0.05, 0.1) is 17.7 Å². The standard InChI is InChI=1S/C24H22FN3O4/c1-2-28(7-8-29)24(32)14-3-5-20-16(9-14)17-10-15(11-18(23(26)31)22(17)27-20)13-4-6-21(30)19(25)12-13/h3-6,9-12,27,29-30H,2,7-8H2,1H3,(H2,26,31). The summed E-state index contributed by atoms with van der Waals surface area (Å²) in [4.78, 5) is 29.8. The number of likely N-dealkylation sites (N-methyl/N-ethyl adjacent to an activating group) is 1. The van der Waals surface area contributed by atoms with Crippen LogP contribution in [0, 0.1) is 5.82 Å². The Labute approximate surface area is 182 Å². The molecule has 32 heavy (non-hydrogen) atoms. The Kier molecular flexibility index (Phi) is 5.54. The first-order chi connectivity index (χ1) is 15.3. The molecule has 0 saturated heterocycles. The van der Waals surface area contributed by atoms with Crippen molar-refractivity contribution < 1.29 is 24.2 Å². The summed E-state index contributed by atoms with van der Waals surface area (Å²) in [6.45, 7) is 2.38. The van der Waals surface area contributed by atoms with E-state index in [1.54, 1.807) is 36.4 Å². The zero-order valence-corrected chi connectivity index (χ0v) is 17.4. The number of primary amides is 1. The molecule has 0 unspecified atom stereocenters. The summed E-state index contributed by atoms with van der Waals surface area (Å²) in [5.41, 5.74) is 8.51. The fourth-order valence-electron chi connectivity index (χ4n) is 3.89. The Morgan fingerprint density at radius 2 is 1.84 bits per heavy atom. The second-order valence-electron chi connectivity index (χ2n) is 7.47. The molecule has 5 N–H and O–H groups in total. The van der Waals surface area contributed by atoms with Crippen molar-refractivity contribution in [1.82, 2.24) is 9.88 Å². The van der Waals surface area contributed by atoms with Gasteiger partial charge >= 0.3 is 0 Å². The number of rotatable bonds is 6. The number of carbonyl (C=O) groups excluding carboxylic acids is 2. The molecule has 0 saturated carbocycles. The molecular formula is C24H22FN3O4. The number of hydrogen-bond acceptors (Lipinski definition) is 4. The molecule has 0 spiro atoms. The highest BCUT2D eigenvalue weighted by atomic mass is 19.1. The largest absolute Gasteiger partial charge is 0.505 e. The molecule has 1 aromatic heterocycles. The normalized spacial score (nSPS) is 11.2. The summed E-state index contributed by atoms with van der Waals surface area (Å²) < 4.78 is 13.9. The molecule has 0 aliphatic rings. The van der Waals surface area contributed by atoms with Crippen molar-refractivity contribution in [3.05, 3.63) is 65.5 Å². The maximum atomic E-state index is 13.9. The minimum atomic E-state index is -0.779. The van der Waals surface area contributed by atoms with E-state index >= 15 is 0 Å². The molecular weight excluding hydrogens is 413 g/mol. The molecule has 2 amide bonds. The van der Waals surface area contributed by atoms with E-state index in [-0.39, 0.29) is 24.6 Å². The zero-order chi connectivity index (χ0) is 23.0. The second-order valence-corrected chi connectivity index (χ2v) is 7.47. The number of nitrogens with two attached hydrogens (primary N) is 1. The number of carbonyl (C=O) groups is 2. The van der Waals surface area contributed by atoms with Crippen molar-refractivity contribution >= 4 is 33.6 Å². The predicted octanol–water partition coefficient (Wildman–Crippen LogP) is 3.39. The Morgan fingerprint density at radius 1 is 1.06 bits per heavy atom. The van der Waals surface area contributed by atoms with Gasteiger partial charge in [-0.1, -0.05) is 6.07 Å². The van der Waals surface area contributed by atoms with Crippen molar-refractivity contribution in [2.45, 2.75) is 6.92 Å². The SMILES string of the molecule is CCN(CCO)C(=O)c1ccc2[nH]c3c(C(N)=O)cc(-c4ccc(O)c(F)c4)cc3c2c1. The van der Waals surface area contributed by atoms with Crippen molar-refractivity contribution in [3.8, 4) is 16.9 Å². The average molecular weight is 435 g/mol. The number of hydrogen-bond donors (Lipinski definition) is 4. The third-order valence-corrected chi connectivity index (χ3v) is 5.54. The first kappa shape index (κ1) is 21.3. The Bertz CT molecular complexity index is 1360. The molecule has 0 fully saturated rings. The summed E-state index contributed by atoms with van der Waals surface area (Å²) in [6.07, 6.45) is 0. The van der Waals surface area contributed by atoms with Gasteiger partial charge in [0.25, 0.3) is 11.8 Å². The maximum absolute atomic E-state index is 13.9. The van der Waals surface area contributed by atoms with E-state index in [0.29, 0.717) is 45.0 Å². The topological polar surface area (TPSA) is 120 Å². The van der Waals surface area contributed by atoms with E-state index in [4.69, 9.17) is 5.73 Å². The van der Waals surface area contributed by atoms with Crippen LogP contribution in [0.1, 0.15) is 27.6 Å². The Morgan fingerprint density at radius 3 is 2.50 bits per heavy atom. The van der Waals surface area contributed by atoms with E-state index in [1.165, 1.54) is 17.0 Å². The van der Waals surface area contributed by atoms with E-state index in [1.807, 2.05) is 6.92 Å². The quantitative estimate of drug-likeness (QED) is 0.371. The van der Waals surface area contributed by atoms with E-state index in [9.17, 15) is 24.2 Å². The number of nitrogens with one attached hydrogen (secondary N) is 1. The molecule has 4 aromatic rings. The Balaban J connectivity index is 1.94. The van der Waals surface area contributed by atoms with Gasteiger partial charge in [-0.2, -0.15) is 0 Å². The van der Waals surface area contributed by atoms with Crippen LogP contribution < -0.4 is 5.73 Å². The smallest absolute Gasteiger partial charge is 0.253 e. The lowest BCUT2D eigenvalue weighted by atomic mass is 9.98. The third-order valence-electron chi connectivity index (χ3n) is 5.54. The van der Waals surface area contributed by atoms with Gasteiger partial charge in [0, 0.05) is 34.9 Å². The van der Waals surface area contributed by atoms with Crippen molar-refractivity contribution in [2.24, 2.45) is 5.73 Å². The lowest BCUT2D eigenvalue weighted by Gasteiger charge is -2.19. The van der Waals surface area contributed by atoms with Gasteiger partial charge in [-0.25, -0.2) is 4.39 Å². The number of aromatic nitrogens is 1. The summed E-state index contributed by atoms with van der Waals surface area (Å²) in [7, 11) is 0. The van der Waals surface area contributed by atoms with Crippen LogP contribution >= 0.6 is 0 Å². The third kappa shape index (κ3) is 3.65. The number of aromatic amines is 1. The van der Waals surface area contributed by atoms with Gasteiger partial charge in [-0.15, -0.1) is 0 Å². The van der Waals surface area contributed by atoms with Crippen LogP contribution in [0.2, 0.25) is 0 Å². The number of aliphatic hydroxyl groups excluding tert-OH is 1. The summed E-state index contributed by atoms with van der Waals surface area (Å²) >= 11 is 0. The Hall–Kier alpha value is -3.91. The molecule has 164 valence electrons. The molecule has 0 atom stereocenters. The number of phenols is 1. The number of benzene rings is 3. The number of H-pyrrole nitrogens is 1. The molecule has 1 heterocycles. The fraction of sp³-hybridized carbons (Fsp3) is 0.167. The molecule has 3 aromatic carbocycles. The second kappa shape index (κ2) is 8.32. The monoisotopic (exact) mass is 435 g/mol. The lowest BCUT2D eigenvalue weighted by Crippen LogP contribution is -2.33. The van der Waals surface area contributed by atoms with Gasteiger partial charge in [-0.05, 0) is 60.5 Å². The number of fused-ring (bicyclic) bond motifs is 3. The van der Waals surface area contributed by atoms with Crippen molar-refractivity contribution in [2.75, 3.05) is 19.7 Å². The molecule has 0 aliphatic carbocycles. The van der Waals surface area contributed by atoms with Crippen molar-refractivity contribution in [3.63, 3.8) is 0 Å². The highest BCUT2D eigenvalue weighted by Gasteiger charge is 2.18. The van der Waals surface area contributed by atoms with Crippen LogP contribution in [0.25, 0.3) is 32.9 Å². The van der Waals surface area contributed by atoms with Gasteiger partial charge in [0.2, 0.25) is 0 Å². The van der Waals surface area contributed by atoms with Crippen LogP contribution in [0.3, 0.4) is 0 Å². The van der Waals surface area contributed by atoms with Gasteiger partial charge in [0.15, 0.2) is 11.6 Å². The zero-order valence-electron chi connectivity index (χ0n) is 17.4. The summed E-state index contributed by atoms with van der Waals surface area (Å²) in [5, 5.41) is 20.1. The molecule has 7 nitrogen and oxygen atoms in total. The summed E-state index contributed by atoms with van der Waals surface area (Å²) in [5.74, 6) is -2.12.